The predicted octanol–water partition coefficient (Wildman–Crippen LogP) is 5.70. The minimum Gasteiger partial charge on any atom is -0.469 e. The molecule has 0 aromatic carbocycles. The molecule has 3 unspecified atom stereocenters. The van der Waals surface area contributed by atoms with Gasteiger partial charge in [0, 0.05) is 25.7 Å². The van der Waals surface area contributed by atoms with Gasteiger partial charge in [0.25, 0.3) is 0 Å². The van der Waals surface area contributed by atoms with Gasteiger partial charge in [-0.25, -0.2) is 0 Å². The number of rotatable bonds is 5. The third-order valence-corrected chi connectivity index (χ3v) is 10.1. The molecule has 0 aromatic rings. The lowest BCUT2D eigenvalue weighted by Crippen LogP contribution is -2.51. The Kier molecular flexibility index (Phi) is 6.49. The first kappa shape index (κ1) is 23.4. The summed E-state index contributed by atoms with van der Waals surface area (Å²) in [6, 6.07) is 0. The highest BCUT2D eigenvalue weighted by atomic mass is 16.5. The third-order valence-electron chi connectivity index (χ3n) is 10.1. The fourth-order valence-corrected chi connectivity index (χ4v) is 8.44. The van der Waals surface area contributed by atoms with Crippen LogP contribution in [0.3, 0.4) is 0 Å². The topological polar surface area (TPSA) is 52.6 Å². The molecule has 0 amide bonds. The van der Waals surface area contributed by atoms with Crippen LogP contribution in [0.2, 0.25) is 0 Å². The van der Waals surface area contributed by atoms with Crippen LogP contribution in [0, 0.1) is 52.8 Å². The van der Waals surface area contributed by atoms with Crippen LogP contribution in [-0.2, 0) is 19.1 Å². The number of methoxy groups -OCH3 is 1. The molecule has 4 heteroatoms. The van der Waals surface area contributed by atoms with Crippen molar-refractivity contribution < 1.29 is 19.1 Å². The van der Waals surface area contributed by atoms with Gasteiger partial charge in [0.2, 0.25) is 0 Å². The molecule has 0 heterocycles. The Morgan fingerprint density at radius 3 is 2.66 bits per heavy atom. The summed E-state index contributed by atoms with van der Waals surface area (Å²) < 4.78 is 10.4. The van der Waals surface area contributed by atoms with Crippen LogP contribution < -0.4 is 0 Å². The molecule has 0 radical (unpaired) electrons. The monoisotopic (exact) mass is 440 g/mol. The van der Waals surface area contributed by atoms with E-state index in [4.69, 9.17) is 15.9 Å². The zero-order valence-corrected chi connectivity index (χ0v) is 20.3. The van der Waals surface area contributed by atoms with Crippen LogP contribution in [-0.4, -0.2) is 25.2 Å². The van der Waals surface area contributed by atoms with Crippen LogP contribution in [0.25, 0.3) is 0 Å². The molecule has 0 spiro atoms. The Balaban J connectivity index is 1.51. The molecule has 8 atom stereocenters. The van der Waals surface area contributed by atoms with Crippen molar-refractivity contribution in [2.24, 2.45) is 40.4 Å². The van der Waals surface area contributed by atoms with Gasteiger partial charge in [-0.2, -0.15) is 0 Å². The molecule has 4 aliphatic carbocycles. The number of carbonyl (C=O) groups excluding carboxylic acids is 2. The number of fused-ring (bicyclic) bond motifs is 5. The molecule has 176 valence electrons. The van der Waals surface area contributed by atoms with E-state index in [0.29, 0.717) is 18.3 Å². The van der Waals surface area contributed by atoms with Crippen molar-refractivity contribution >= 4 is 11.9 Å². The van der Waals surface area contributed by atoms with Crippen molar-refractivity contribution in [1.82, 2.24) is 0 Å². The van der Waals surface area contributed by atoms with Crippen LogP contribution in [0.1, 0.15) is 85.0 Å². The van der Waals surface area contributed by atoms with Gasteiger partial charge in [0.05, 0.1) is 7.11 Å². The summed E-state index contributed by atoms with van der Waals surface area (Å²) in [5, 5.41) is 0. The number of hydrogen-bond donors (Lipinski definition) is 0. The molecule has 3 saturated carbocycles. The minimum atomic E-state index is -0.159. The fourth-order valence-electron chi connectivity index (χ4n) is 8.44. The number of esters is 2. The number of carbonyl (C=O) groups is 2. The van der Waals surface area contributed by atoms with Gasteiger partial charge in [-0.3, -0.25) is 9.59 Å². The summed E-state index contributed by atoms with van der Waals surface area (Å²) in [6.45, 7) is 6.49. The van der Waals surface area contributed by atoms with E-state index in [1.807, 2.05) is 0 Å². The standard InChI is InChI=1S/C28H40O4/c1-6-19(7-12-26(30)31-5)23-10-11-24-22-9-8-20-17-21(32-18(2)29)13-15-27(20,3)25(22)14-16-28(23,24)4/h1,8,19,21-25H,7,9-17H2,2-5H3/t19-,21+,22?,23-,24?,25?,27+,28-/m1/s1. The Hall–Kier alpha value is -1.76. The molecule has 0 saturated heterocycles. The summed E-state index contributed by atoms with van der Waals surface area (Å²) in [6.07, 6.45) is 18.8. The molecular formula is C28H40O4. The Labute approximate surface area is 193 Å². The second-order valence-corrected chi connectivity index (χ2v) is 11.3. The maximum atomic E-state index is 11.7. The number of ether oxygens (including phenoxy) is 2. The van der Waals surface area contributed by atoms with E-state index in [-0.39, 0.29) is 34.8 Å². The van der Waals surface area contributed by atoms with Gasteiger partial charge in [0.1, 0.15) is 6.10 Å². The van der Waals surface area contributed by atoms with Crippen molar-refractivity contribution in [1.29, 1.82) is 0 Å². The molecule has 4 rings (SSSR count). The normalized spacial score (nSPS) is 41.2. The van der Waals surface area contributed by atoms with Crippen LogP contribution in [0.5, 0.6) is 0 Å². The lowest BCUT2D eigenvalue weighted by molar-refractivity contribution is -0.148. The molecule has 0 aromatic heterocycles. The second-order valence-electron chi connectivity index (χ2n) is 11.3. The lowest BCUT2D eigenvalue weighted by atomic mass is 9.47. The van der Waals surface area contributed by atoms with E-state index in [1.165, 1.54) is 45.3 Å². The van der Waals surface area contributed by atoms with Gasteiger partial charge in [-0.1, -0.05) is 25.5 Å². The highest BCUT2D eigenvalue weighted by Gasteiger charge is 2.59. The second kappa shape index (κ2) is 8.88. The zero-order chi connectivity index (χ0) is 23.1. The van der Waals surface area contributed by atoms with E-state index in [1.54, 1.807) is 0 Å². The Morgan fingerprint density at radius 1 is 1.19 bits per heavy atom. The zero-order valence-electron chi connectivity index (χ0n) is 20.3. The van der Waals surface area contributed by atoms with Crippen LogP contribution in [0.15, 0.2) is 11.6 Å². The first-order chi connectivity index (χ1) is 15.2. The number of allylic oxidation sites excluding steroid dienone is 1. The molecule has 3 fully saturated rings. The number of hydrogen-bond acceptors (Lipinski definition) is 4. The average molecular weight is 441 g/mol. The van der Waals surface area contributed by atoms with Crippen LogP contribution >= 0.6 is 0 Å². The SMILES string of the molecule is C#C[C@H](CCC(=O)OC)[C@H]1CCC2C3CC=C4C[C@@H](OC(C)=O)CC[C@]4(C)C3CC[C@@]21C. The van der Waals surface area contributed by atoms with E-state index in [2.05, 4.69) is 25.8 Å². The predicted molar refractivity (Wildman–Crippen MR) is 124 cm³/mol. The quantitative estimate of drug-likeness (QED) is 0.313. The van der Waals surface area contributed by atoms with E-state index in [0.717, 1.165) is 43.9 Å². The molecular weight excluding hydrogens is 400 g/mol. The van der Waals surface area contributed by atoms with Crippen molar-refractivity contribution in [3.8, 4) is 12.3 Å². The van der Waals surface area contributed by atoms with Gasteiger partial charge >= 0.3 is 11.9 Å². The third kappa shape index (κ3) is 3.91. The van der Waals surface area contributed by atoms with Gasteiger partial charge in [0.15, 0.2) is 0 Å². The van der Waals surface area contributed by atoms with Gasteiger partial charge < -0.3 is 9.47 Å². The first-order valence-electron chi connectivity index (χ1n) is 12.6. The van der Waals surface area contributed by atoms with E-state index >= 15 is 0 Å². The summed E-state index contributed by atoms with van der Waals surface area (Å²) in [5.41, 5.74) is 2.05. The maximum Gasteiger partial charge on any atom is 0.305 e. The van der Waals surface area contributed by atoms with Crippen LogP contribution in [0.4, 0.5) is 0 Å². The van der Waals surface area contributed by atoms with Crippen molar-refractivity contribution in [2.75, 3.05) is 7.11 Å². The largest absolute Gasteiger partial charge is 0.469 e. The van der Waals surface area contributed by atoms with Gasteiger partial charge in [-0.15, -0.1) is 12.3 Å². The summed E-state index contributed by atoms with van der Waals surface area (Å²) in [4.78, 5) is 23.2. The van der Waals surface area contributed by atoms with Crippen molar-refractivity contribution in [3.63, 3.8) is 0 Å². The van der Waals surface area contributed by atoms with Gasteiger partial charge in [-0.05, 0) is 85.9 Å². The lowest BCUT2D eigenvalue weighted by Gasteiger charge is -2.58. The van der Waals surface area contributed by atoms with Crippen molar-refractivity contribution in [3.05, 3.63) is 11.6 Å². The average Bonchev–Trinajstić information content (AvgIpc) is 3.11. The molecule has 0 N–H and O–H groups in total. The van der Waals surface area contributed by atoms with E-state index < -0.39 is 0 Å². The smallest absolute Gasteiger partial charge is 0.305 e. The Morgan fingerprint density at radius 2 is 1.97 bits per heavy atom. The minimum absolute atomic E-state index is 0.0549. The Bertz CT molecular complexity index is 822. The van der Waals surface area contributed by atoms with E-state index in [9.17, 15) is 9.59 Å². The summed E-state index contributed by atoms with van der Waals surface area (Å²) in [7, 11) is 1.45. The maximum absolute atomic E-state index is 11.7. The molecule has 4 aliphatic rings. The van der Waals surface area contributed by atoms with Crippen molar-refractivity contribution in [2.45, 2.75) is 91.1 Å². The first-order valence-corrected chi connectivity index (χ1v) is 12.6. The molecule has 0 bridgehead atoms. The fraction of sp³-hybridized carbons (Fsp3) is 0.786. The summed E-state index contributed by atoms with van der Waals surface area (Å²) >= 11 is 0. The number of terminal acetylenes is 1. The molecule has 32 heavy (non-hydrogen) atoms. The molecule has 0 aliphatic heterocycles. The highest BCUT2D eigenvalue weighted by Crippen LogP contribution is 2.67. The highest BCUT2D eigenvalue weighted by molar-refractivity contribution is 5.69. The molecule has 4 nitrogen and oxygen atoms in total. The summed E-state index contributed by atoms with van der Waals surface area (Å²) in [5.74, 6) is 5.56.